The lowest BCUT2D eigenvalue weighted by Crippen LogP contribution is -2.39. The Hall–Kier alpha value is -3.15. The Bertz CT molecular complexity index is 832. The fourth-order valence-corrected chi connectivity index (χ4v) is 2.90. The molecule has 1 amide bonds. The van der Waals surface area contributed by atoms with Crippen LogP contribution in [0.4, 0.5) is 0 Å². The molecule has 2 heterocycles. The Labute approximate surface area is 158 Å². The summed E-state index contributed by atoms with van der Waals surface area (Å²) < 4.78 is 0. The summed E-state index contributed by atoms with van der Waals surface area (Å²) in [6.07, 6.45) is 5.73. The first-order valence-electron chi connectivity index (χ1n) is 8.81. The molecule has 1 aromatic carbocycles. The predicted molar refractivity (Wildman–Crippen MR) is 99.8 cm³/mol. The number of rotatable bonds is 5. The Kier molecular flexibility index (Phi) is 5.54. The Morgan fingerprint density at radius 2 is 1.78 bits per heavy atom. The summed E-state index contributed by atoms with van der Waals surface area (Å²) in [5.41, 5.74) is 0.709. The lowest BCUT2D eigenvalue weighted by molar-refractivity contribution is -0.222. The smallest absolute Gasteiger partial charge is 0.335 e. The van der Waals surface area contributed by atoms with Crippen molar-refractivity contribution in [2.45, 2.75) is 20.3 Å². The minimum atomic E-state index is -0.833. The van der Waals surface area contributed by atoms with Crippen LogP contribution in [0, 0.1) is 5.41 Å². The zero-order valence-electron chi connectivity index (χ0n) is 15.4. The normalized spacial score (nSPS) is 14.3. The van der Waals surface area contributed by atoms with Crippen molar-refractivity contribution >= 4 is 11.9 Å². The molecule has 1 aliphatic heterocycles. The Morgan fingerprint density at radius 3 is 2.41 bits per heavy atom. The van der Waals surface area contributed by atoms with Gasteiger partial charge in [0.05, 0.1) is 5.41 Å². The molecule has 0 radical (unpaired) electrons. The lowest BCUT2D eigenvalue weighted by Gasteiger charge is -2.32. The van der Waals surface area contributed by atoms with Gasteiger partial charge in [-0.3, -0.25) is 14.7 Å². The second-order valence-corrected chi connectivity index (χ2v) is 6.86. The molecule has 27 heavy (non-hydrogen) atoms. The van der Waals surface area contributed by atoms with E-state index in [4.69, 9.17) is 9.78 Å². The molecule has 1 aliphatic rings. The number of benzene rings is 1. The van der Waals surface area contributed by atoms with E-state index in [2.05, 4.69) is 4.98 Å². The van der Waals surface area contributed by atoms with Gasteiger partial charge in [-0.2, -0.15) is 0 Å². The van der Waals surface area contributed by atoms with Crippen molar-refractivity contribution in [2.75, 3.05) is 13.1 Å². The number of hydrogen-bond donors (Lipinski definition) is 0. The minimum absolute atomic E-state index is 0.0412. The van der Waals surface area contributed by atoms with E-state index in [1.54, 1.807) is 67.5 Å². The van der Waals surface area contributed by atoms with Gasteiger partial charge in [-0.25, -0.2) is 9.68 Å². The molecule has 0 bridgehead atoms. The van der Waals surface area contributed by atoms with Crippen LogP contribution in [-0.4, -0.2) is 34.8 Å². The number of carbonyl (C=O) groups excluding carboxylic acids is 2. The van der Waals surface area contributed by atoms with Crippen LogP contribution in [-0.2, 0) is 9.68 Å². The Balaban J connectivity index is 1.61. The maximum Gasteiger partial charge on any atom is 0.364 e. The van der Waals surface area contributed by atoms with Gasteiger partial charge in [0.15, 0.2) is 5.75 Å². The number of para-hydroxylation sites is 1. The van der Waals surface area contributed by atoms with Crippen molar-refractivity contribution in [3.05, 3.63) is 72.1 Å². The van der Waals surface area contributed by atoms with E-state index in [-0.39, 0.29) is 5.91 Å². The molecule has 2 aromatic rings. The van der Waals surface area contributed by atoms with Crippen molar-refractivity contribution in [3.63, 3.8) is 0 Å². The topological polar surface area (TPSA) is 68.7 Å². The number of aromatic nitrogens is 1. The average molecular weight is 366 g/mol. The van der Waals surface area contributed by atoms with Gasteiger partial charge in [0, 0.05) is 31.0 Å². The number of amides is 1. The highest BCUT2D eigenvalue weighted by Crippen LogP contribution is 2.33. The standard InChI is InChI=1S/C21H22N2O4/c1-21(2,20(25)27-26-18-6-4-3-5-7-18)17-10-14-23(15-11-17)19(24)16-8-12-22-13-9-16/h3-10,12-13H,11,14-15H2,1-2H3. The summed E-state index contributed by atoms with van der Waals surface area (Å²) >= 11 is 0. The van der Waals surface area contributed by atoms with Crippen molar-refractivity contribution in [2.24, 2.45) is 5.41 Å². The van der Waals surface area contributed by atoms with Crippen LogP contribution in [0.1, 0.15) is 30.6 Å². The summed E-state index contributed by atoms with van der Waals surface area (Å²) in [5.74, 6) is -0.0413. The number of carbonyl (C=O) groups is 2. The predicted octanol–water partition coefficient (Wildman–Crippen LogP) is 3.42. The van der Waals surface area contributed by atoms with Crippen molar-refractivity contribution in [3.8, 4) is 5.75 Å². The van der Waals surface area contributed by atoms with E-state index >= 15 is 0 Å². The number of hydrogen-bond acceptors (Lipinski definition) is 5. The SMILES string of the molecule is CC(C)(C(=O)OOc1ccccc1)C1=CCN(C(=O)c2ccncc2)CC1. The second kappa shape index (κ2) is 8.03. The van der Waals surface area contributed by atoms with E-state index in [0.29, 0.717) is 30.8 Å². The van der Waals surface area contributed by atoms with E-state index in [9.17, 15) is 9.59 Å². The van der Waals surface area contributed by atoms with Gasteiger partial charge in [0.25, 0.3) is 5.91 Å². The number of pyridine rings is 1. The van der Waals surface area contributed by atoms with Crippen LogP contribution in [0.3, 0.4) is 0 Å². The number of nitrogens with zero attached hydrogens (tertiary/aromatic N) is 2. The molecule has 0 saturated heterocycles. The molecule has 6 nitrogen and oxygen atoms in total. The minimum Gasteiger partial charge on any atom is -0.335 e. The maximum atomic E-state index is 12.5. The molecule has 6 heteroatoms. The summed E-state index contributed by atoms with van der Waals surface area (Å²) in [7, 11) is 0. The molecule has 1 aromatic heterocycles. The summed E-state index contributed by atoms with van der Waals surface area (Å²) in [4.78, 5) is 40.8. The van der Waals surface area contributed by atoms with Crippen LogP contribution >= 0.6 is 0 Å². The van der Waals surface area contributed by atoms with Gasteiger partial charge in [-0.05, 0) is 44.5 Å². The lowest BCUT2D eigenvalue weighted by atomic mass is 9.81. The first-order chi connectivity index (χ1) is 13.0. The van der Waals surface area contributed by atoms with E-state index < -0.39 is 11.4 Å². The van der Waals surface area contributed by atoms with Gasteiger partial charge < -0.3 is 4.90 Å². The molecular formula is C21H22N2O4. The molecule has 140 valence electrons. The zero-order valence-corrected chi connectivity index (χ0v) is 15.4. The first-order valence-corrected chi connectivity index (χ1v) is 8.81. The van der Waals surface area contributed by atoms with Crippen LogP contribution in [0.5, 0.6) is 5.75 Å². The van der Waals surface area contributed by atoms with Crippen LogP contribution in [0.25, 0.3) is 0 Å². The quantitative estimate of drug-likeness (QED) is 0.461. The second-order valence-electron chi connectivity index (χ2n) is 6.86. The average Bonchev–Trinajstić information content (AvgIpc) is 2.73. The highest BCUT2D eigenvalue weighted by Gasteiger charge is 2.36. The van der Waals surface area contributed by atoms with Crippen LogP contribution < -0.4 is 4.89 Å². The summed E-state index contributed by atoms with van der Waals surface area (Å²) in [6.45, 7) is 4.60. The molecule has 0 saturated carbocycles. The van der Waals surface area contributed by atoms with Crippen LogP contribution in [0.15, 0.2) is 66.5 Å². The molecule has 0 atom stereocenters. The maximum absolute atomic E-state index is 12.5. The highest BCUT2D eigenvalue weighted by molar-refractivity contribution is 5.94. The molecule has 0 N–H and O–H groups in total. The molecule has 0 unspecified atom stereocenters. The van der Waals surface area contributed by atoms with Crippen molar-refractivity contribution < 1.29 is 19.4 Å². The first kappa shape index (κ1) is 18.6. The molecule has 0 fully saturated rings. The van der Waals surface area contributed by atoms with Crippen molar-refractivity contribution in [1.82, 2.24) is 9.88 Å². The fraction of sp³-hybridized carbons (Fsp3) is 0.286. The molecule has 3 rings (SSSR count). The van der Waals surface area contributed by atoms with Gasteiger partial charge in [-0.1, -0.05) is 29.8 Å². The van der Waals surface area contributed by atoms with E-state index in [1.165, 1.54) is 0 Å². The summed E-state index contributed by atoms with van der Waals surface area (Å²) in [5, 5.41) is 0. The van der Waals surface area contributed by atoms with Gasteiger partial charge in [0.1, 0.15) is 0 Å². The van der Waals surface area contributed by atoms with Gasteiger partial charge >= 0.3 is 5.97 Å². The Morgan fingerprint density at radius 1 is 1.07 bits per heavy atom. The highest BCUT2D eigenvalue weighted by atomic mass is 17.2. The van der Waals surface area contributed by atoms with Gasteiger partial charge in [-0.15, -0.1) is 0 Å². The van der Waals surface area contributed by atoms with Crippen LogP contribution in [0.2, 0.25) is 0 Å². The summed E-state index contributed by atoms with van der Waals surface area (Å²) in [6, 6.07) is 12.3. The third-order valence-electron chi connectivity index (χ3n) is 4.69. The third-order valence-corrected chi connectivity index (χ3v) is 4.69. The zero-order chi connectivity index (χ0) is 19.3. The van der Waals surface area contributed by atoms with E-state index in [0.717, 1.165) is 5.57 Å². The molecule has 0 spiro atoms. The molecular weight excluding hydrogens is 344 g/mol. The fourth-order valence-electron chi connectivity index (χ4n) is 2.90. The van der Waals surface area contributed by atoms with Crippen molar-refractivity contribution in [1.29, 1.82) is 0 Å². The van der Waals surface area contributed by atoms with Gasteiger partial charge in [0.2, 0.25) is 0 Å². The van der Waals surface area contributed by atoms with E-state index in [1.807, 2.05) is 12.1 Å². The largest absolute Gasteiger partial charge is 0.364 e. The monoisotopic (exact) mass is 366 g/mol. The molecule has 0 aliphatic carbocycles. The third kappa shape index (κ3) is 4.34.